The Bertz CT molecular complexity index is 389. The molecule has 13 heavy (non-hydrogen) atoms. The molecule has 0 fully saturated rings. The molecule has 0 radical (unpaired) electrons. The standard InChI is InChI=1S/C9H8N2OS/c10-4-7-6-2-1-3-8(6)13-9(7)11-5-12/h5H,1-3H2,(H,11,12). The second-order valence-corrected chi connectivity index (χ2v) is 4.04. The number of carbonyl (C=O) groups is 1. The zero-order valence-corrected chi connectivity index (χ0v) is 7.78. The van der Waals surface area contributed by atoms with Crippen LogP contribution in [0.5, 0.6) is 0 Å². The van der Waals surface area contributed by atoms with E-state index in [1.54, 1.807) is 0 Å². The molecule has 0 saturated carbocycles. The van der Waals surface area contributed by atoms with Gasteiger partial charge in [-0.05, 0) is 24.8 Å². The van der Waals surface area contributed by atoms with E-state index in [2.05, 4.69) is 11.4 Å². The lowest BCUT2D eigenvalue weighted by atomic mass is 10.1. The second-order valence-electron chi connectivity index (χ2n) is 2.94. The third-order valence-corrected chi connectivity index (χ3v) is 3.45. The lowest BCUT2D eigenvalue weighted by Crippen LogP contribution is -1.93. The molecule has 1 aromatic rings. The molecule has 0 spiro atoms. The van der Waals surface area contributed by atoms with Crippen LogP contribution >= 0.6 is 11.3 Å². The van der Waals surface area contributed by atoms with Crippen molar-refractivity contribution in [1.29, 1.82) is 5.26 Å². The average molecular weight is 192 g/mol. The van der Waals surface area contributed by atoms with Crippen molar-refractivity contribution in [3.63, 3.8) is 0 Å². The highest BCUT2D eigenvalue weighted by Crippen LogP contribution is 2.38. The van der Waals surface area contributed by atoms with E-state index in [4.69, 9.17) is 5.26 Å². The molecule has 0 unspecified atom stereocenters. The molecule has 0 bridgehead atoms. The quantitative estimate of drug-likeness (QED) is 0.725. The van der Waals surface area contributed by atoms with Crippen LogP contribution in [0.2, 0.25) is 0 Å². The third kappa shape index (κ3) is 1.21. The Balaban J connectivity index is 2.48. The minimum atomic E-state index is 0.627. The van der Waals surface area contributed by atoms with E-state index in [-0.39, 0.29) is 0 Å². The fourth-order valence-corrected chi connectivity index (χ4v) is 2.88. The van der Waals surface area contributed by atoms with Crippen LogP contribution in [-0.4, -0.2) is 6.41 Å². The normalized spacial score (nSPS) is 13.5. The molecule has 1 aromatic heterocycles. The van der Waals surface area contributed by atoms with Gasteiger partial charge in [0.1, 0.15) is 11.1 Å². The number of hydrogen-bond donors (Lipinski definition) is 1. The van der Waals surface area contributed by atoms with Crippen molar-refractivity contribution in [2.45, 2.75) is 19.3 Å². The van der Waals surface area contributed by atoms with Crippen LogP contribution in [0.1, 0.15) is 22.4 Å². The molecule has 0 aromatic carbocycles. The molecule has 1 aliphatic carbocycles. The van der Waals surface area contributed by atoms with E-state index < -0.39 is 0 Å². The highest BCUT2D eigenvalue weighted by molar-refractivity contribution is 7.16. The summed E-state index contributed by atoms with van der Waals surface area (Å²) in [5, 5.41) is 12.2. The van der Waals surface area contributed by atoms with Gasteiger partial charge in [-0.1, -0.05) is 0 Å². The number of nitrogens with one attached hydrogen (secondary N) is 1. The first-order chi connectivity index (χ1) is 6.36. The number of thiophene rings is 1. The predicted molar refractivity (Wildman–Crippen MR) is 50.7 cm³/mol. The Labute approximate surface area is 80.0 Å². The fraction of sp³-hybridized carbons (Fsp3) is 0.333. The first kappa shape index (κ1) is 8.27. The monoisotopic (exact) mass is 192 g/mol. The maximum atomic E-state index is 10.3. The van der Waals surface area contributed by atoms with Gasteiger partial charge in [-0.25, -0.2) is 0 Å². The molecule has 0 saturated heterocycles. The van der Waals surface area contributed by atoms with Crippen molar-refractivity contribution in [1.82, 2.24) is 0 Å². The number of nitrogens with zero attached hydrogens (tertiary/aromatic N) is 1. The van der Waals surface area contributed by atoms with Crippen LogP contribution < -0.4 is 5.32 Å². The smallest absolute Gasteiger partial charge is 0.212 e. The Morgan fingerprint density at radius 1 is 1.54 bits per heavy atom. The van der Waals surface area contributed by atoms with E-state index in [0.717, 1.165) is 24.8 Å². The molecule has 4 heteroatoms. The molecule has 1 aliphatic rings. The fourth-order valence-electron chi connectivity index (χ4n) is 1.68. The lowest BCUT2D eigenvalue weighted by molar-refractivity contribution is -0.105. The highest BCUT2D eigenvalue weighted by atomic mass is 32.1. The summed E-state index contributed by atoms with van der Waals surface area (Å²) in [6, 6.07) is 2.15. The van der Waals surface area contributed by atoms with E-state index in [9.17, 15) is 4.79 Å². The third-order valence-electron chi connectivity index (χ3n) is 2.22. The summed E-state index contributed by atoms with van der Waals surface area (Å²) in [5.74, 6) is 0. The van der Waals surface area contributed by atoms with Gasteiger partial charge in [-0.3, -0.25) is 4.79 Å². The largest absolute Gasteiger partial charge is 0.319 e. The predicted octanol–water partition coefficient (Wildman–Crippen LogP) is 1.68. The molecule has 1 N–H and O–H groups in total. The van der Waals surface area contributed by atoms with Crippen LogP contribution in [0.3, 0.4) is 0 Å². The summed E-state index contributed by atoms with van der Waals surface area (Å²) in [6.07, 6.45) is 3.80. The van der Waals surface area contributed by atoms with Gasteiger partial charge in [-0.15, -0.1) is 11.3 Å². The van der Waals surface area contributed by atoms with E-state index in [1.165, 1.54) is 16.2 Å². The number of carbonyl (C=O) groups excluding carboxylic acids is 1. The van der Waals surface area contributed by atoms with Gasteiger partial charge in [0.2, 0.25) is 6.41 Å². The number of anilines is 1. The summed E-state index contributed by atoms with van der Waals surface area (Å²) in [6.45, 7) is 0. The maximum Gasteiger partial charge on any atom is 0.212 e. The van der Waals surface area contributed by atoms with Gasteiger partial charge >= 0.3 is 0 Å². The van der Waals surface area contributed by atoms with Gasteiger partial charge in [0.15, 0.2) is 0 Å². The highest BCUT2D eigenvalue weighted by Gasteiger charge is 2.21. The summed E-state index contributed by atoms with van der Waals surface area (Å²) in [5.41, 5.74) is 1.82. The average Bonchev–Trinajstić information content (AvgIpc) is 2.64. The SMILES string of the molecule is N#Cc1c(NC=O)sc2c1CCC2. The van der Waals surface area contributed by atoms with Crippen LogP contribution in [0.4, 0.5) is 5.00 Å². The molecule has 0 atom stereocenters. The van der Waals surface area contributed by atoms with E-state index in [0.29, 0.717) is 17.0 Å². The first-order valence-corrected chi connectivity index (χ1v) is 4.93. The number of aryl methyl sites for hydroxylation is 1. The zero-order valence-electron chi connectivity index (χ0n) is 6.96. The van der Waals surface area contributed by atoms with Gasteiger partial charge in [0.25, 0.3) is 0 Å². The van der Waals surface area contributed by atoms with Crippen molar-refractivity contribution < 1.29 is 4.79 Å². The van der Waals surface area contributed by atoms with Gasteiger partial charge in [0, 0.05) is 4.88 Å². The Kier molecular flexibility index (Phi) is 2.03. The number of nitriles is 1. The Morgan fingerprint density at radius 3 is 3.08 bits per heavy atom. The minimum Gasteiger partial charge on any atom is -0.319 e. The molecule has 66 valence electrons. The van der Waals surface area contributed by atoms with E-state index in [1.807, 2.05) is 0 Å². The summed E-state index contributed by atoms with van der Waals surface area (Å²) in [4.78, 5) is 11.5. The van der Waals surface area contributed by atoms with Crippen molar-refractivity contribution in [2.75, 3.05) is 5.32 Å². The Morgan fingerprint density at radius 2 is 2.38 bits per heavy atom. The summed E-state index contributed by atoms with van der Waals surface area (Å²) in [7, 11) is 0. The van der Waals surface area contributed by atoms with Crippen LogP contribution in [0.25, 0.3) is 0 Å². The number of rotatable bonds is 2. The van der Waals surface area contributed by atoms with Crippen molar-refractivity contribution in [3.8, 4) is 6.07 Å². The van der Waals surface area contributed by atoms with Crippen LogP contribution in [0.15, 0.2) is 0 Å². The zero-order chi connectivity index (χ0) is 9.26. The molecule has 1 amide bonds. The van der Waals surface area contributed by atoms with Crippen molar-refractivity contribution in [2.24, 2.45) is 0 Å². The minimum absolute atomic E-state index is 0.627. The molecule has 3 nitrogen and oxygen atoms in total. The molecular weight excluding hydrogens is 184 g/mol. The number of hydrogen-bond acceptors (Lipinski definition) is 3. The van der Waals surface area contributed by atoms with Crippen LogP contribution in [0, 0.1) is 11.3 Å². The molecule has 2 rings (SSSR count). The topological polar surface area (TPSA) is 52.9 Å². The van der Waals surface area contributed by atoms with Gasteiger partial charge in [0.05, 0.1) is 5.56 Å². The number of fused-ring (bicyclic) bond motifs is 1. The van der Waals surface area contributed by atoms with Gasteiger partial charge < -0.3 is 5.32 Å². The lowest BCUT2D eigenvalue weighted by Gasteiger charge is -1.94. The Hall–Kier alpha value is -1.34. The van der Waals surface area contributed by atoms with Gasteiger partial charge in [-0.2, -0.15) is 5.26 Å². The molecule has 0 aliphatic heterocycles. The molecular formula is C9H8N2OS. The van der Waals surface area contributed by atoms with Crippen LogP contribution in [-0.2, 0) is 17.6 Å². The molecule has 1 heterocycles. The second kappa shape index (κ2) is 3.19. The maximum absolute atomic E-state index is 10.3. The number of amides is 1. The van der Waals surface area contributed by atoms with E-state index >= 15 is 0 Å². The first-order valence-electron chi connectivity index (χ1n) is 4.11. The van der Waals surface area contributed by atoms with Crippen molar-refractivity contribution in [3.05, 3.63) is 16.0 Å². The summed E-state index contributed by atoms with van der Waals surface area (Å²) < 4.78 is 0. The summed E-state index contributed by atoms with van der Waals surface area (Å²) >= 11 is 1.53. The van der Waals surface area contributed by atoms with Crippen molar-refractivity contribution >= 4 is 22.7 Å².